The number of carbonyl (C=O) groups excluding carboxylic acids is 1. The summed E-state index contributed by atoms with van der Waals surface area (Å²) in [6, 6.07) is 8.82. The van der Waals surface area contributed by atoms with Crippen LogP contribution < -0.4 is 0 Å². The molecule has 0 heterocycles. The van der Waals surface area contributed by atoms with Gasteiger partial charge in [-0.15, -0.1) is 0 Å². The molecule has 0 spiro atoms. The van der Waals surface area contributed by atoms with E-state index in [2.05, 4.69) is 6.58 Å². The molecule has 1 aromatic rings. The van der Waals surface area contributed by atoms with Gasteiger partial charge in [0.15, 0.2) is 5.78 Å². The van der Waals surface area contributed by atoms with Gasteiger partial charge < -0.3 is 0 Å². The molecule has 0 fully saturated rings. The van der Waals surface area contributed by atoms with Crippen molar-refractivity contribution in [1.82, 2.24) is 0 Å². The summed E-state index contributed by atoms with van der Waals surface area (Å²) in [6.45, 7) is 3.35. The summed E-state index contributed by atoms with van der Waals surface area (Å²) < 4.78 is 11.0. The van der Waals surface area contributed by atoms with E-state index in [0.717, 1.165) is 0 Å². The van der Waals surface area contributed by atoms with Crippen molar-refractivity contribution in [1.29, 1.82) is 0 Å². The zero-order valence-corrected chi connectivity index (χ0v) is 7.92. The first-order chi connectivity index (χ1) is 6.24. The molecule has 68 valence electrons. The molecule has 0 radical (unpaired) electrons. The predicted octanol–water partition coefficient (Wildman–Crippen LogP) is 1.76. The van der Waals surface area contributed by atoms with Crippen LogP contribution in [0.4, 0.5) is 0 Å². The Morgan fingerprint density at radius 2 is 2.00 bits per heavy atom. The number of Topliss-reactive ketones (excluding diaryl/α,β-unsaturated/α-hetero) is 1. The maximum Gasteiger partial charge on any atom is 0.175 e. The molecule has 0 aliphatic carbocycles. The Hall–Kier alpha value is -1.22. The molecule has 0 aliphatic heterocycles. The van der Waals surface area contributed by atoms with Crippen molar-refractivity contribution >= 4 is 16.6 Å². The first kappa shape index (κ1) is 9.86. The third-order valence-corrected chi connectivity index (χ3v) is 2.47. The van der Waals surface area contributed by atoms with Gasteiger partial charge in [0.25, 0.3) is 0 Å². The lowest BCUT2D eigenvalue weighted by Gasteiger charge is -1.97. The van der Waals surface area contributed by atoms with Crippen LogP contribution in [-0.2, 0) is 10.8 Å². The normalized spacial score (nSPS) is 12.0. The fourth-order valence-corrected chi connectivity index (χ4v) is 1.44. The van der Waals surface area contributed by atoms with Gasteiger partial charge in [-0.05, 0) is 5.41 Å². The number of rotatable bonds is 4. The van der Waals surface area contributed by atoms with Crippen LogP contribution >= 0.6 is 0 Å². The third-order valence-electron chi connectivity index (χ3n) is 1.56. The van der Waals surface area contributed by atoms with Crippen molar-refractivity contribution in [2.24, 2.45) is 0 Å². The van der Waals surface area contributed by atoms with Gasteiger partial charge in [0.2, 0.25) is 0 Å². The number of carbonyl (C=O) groups is 1. The van der Waals surface area contributed by atoms with Gasteiger partial charge in [-0.25, -0.2) is 0 Å². The number of benzene rings is 1. The summed E-state index contributed by atoms with van der Waals surface area (Å²) in [6.07, 6.45) is 0. The lowest BCUT2D eigenvalue weighted by Crippen LogP contribution is -2.08. The van der Waals surface area contributed by atoms with Crippen LogP contribution in [0.15, 0.2) is 42.3 Å². The number of hydrogen-bond donors (Lipinski definition) is 0. The minimum absolute atomic E-state index is 0.0213. The Kier molecular flexibility index (Phi) is 3.58. The van der Waals surface area contributed by atoms with Gasteiger partial charge in [0, 0.05) is 5.56 Å². The Bertz CT molecular complexity index is 330. The summed E-state index contributed by atoms with van der Waals surface area (Å²) in [5.41, 5.74) is 0.595. The second-order valence-electron chi connectivity index (χ2n) is 2.48. The molecule has 1 aromatic carbocycles. The molecule has 0 saturated carbocycles. The lowest BCUT2D eigenvalue weighted by molar-refractivity contribution is 0.102. The highest BCUT2D eigenvalue weighted by atomic mass is 32.2. The van der Waals surface area contributed by atoms with Gasteiger partial charge >= 0.3 is 0 Å². The Balaban J connectivity index is 2.70. The molecular formula is C10H10O2S. The monoisotopic (exact) mass is 194 g/mol. The first-order valence-electron chi connectivity index (χ1n) is 3.82. The molecular weight excluding hydrogens is 184 g/mol. The highest BCUT2D eigenvalue weighted by molar-refractivity contribution is 7.88. The molecule has 1 atom stereocenters. The summed E-state index contributed by atoms with van der Waals surface area (Å²) in [5, 5.41) is 1.28. The van der Waals surface area contributed by atoms with Gasteiger partial charge in [-0.1, -0.05) is 36.9 Å². The van der Waals surface area contributed by atoms with Crippen LogP contribution in [0.3, 0.4) is 0 Å². The number of ketones is 1. The molecule has 1 rings (SSSR count). The van der Waals surface area contributed by atoms with Gasteiger partial charge in [-0.2, -0.15) is 0 Å². The van der Waals surface area contributed by atoms with Crippen molar-refractivity contribution in [3.05, 3.63) is 47.9 Å². The first-order valence-corrected chi connectivity index (χ1v) is 5.20. The highest BCUT2D eigenvalue weighted by Gasteiger charge is 2.06. The SMILES string of the molecule is C=CS(=O)CC(=O)c1ccccc1. The van der Waals surface area contributed by atoms with Crippen LogP contribution in [-0.4, -0.2) is 15.7 Å². The standard InChI is InChI=1S/C10H10O2S/c1-2-13(12)8-10(11)9-6-4-3-5-7-9/h2-7H,1,8H2. The highest BCUT2D eigenvalue weighted by Crippen LogP contribution is 2.01. The van der Waals surface area contributed by atoms with E-state index >= 15 is 0 Å². The third kappa shape index (κ3) is 2.95. The summed E-state index contributed by atoms with van der Waals surface area (Å²) >= 11 is 0. The fourth-order valence-electron chi connectivity index (χ4n) is 0.896. The van der Waals surface area contributed by atoms with Crippen molar-refractivity contribution in [2.75, 3.05) is 5.75 Å². The van der Waals surface area contributed by atoms with Gasteiger partial charge in [0.05, 0.1) is 16.6 Å². The van der Waals surface area contributed by atoms with Gasteiger partial charge in [0.1, 0.15) is 0 Å². The molecule has 1 unspecified atom stereocenters. The number of hydrogen-bond acceptors (Lipinski definition) is 2. The van der Waals surface area contributed by atoms with Crippen molar-refractivity contribution in [3.8, 4) is 0 Å². The van der Waals surface area contributed by atoms with E-state index in [1.807, 2.05) is 6.07 Å². The lowest BCUT2D eigenvalue weighted by atomic mass is 10.2. The average Bonchev–Trinajstić information content (AvgIpc) is 2.19. The quantitative estimate of drug-likeness (QED) is 0.684. The smallest absolute Gasteiger partial charge is 0.175 e. The van der Waals surface area contributed by atoms with Crippen LogP contribution in [0.25, 0.3) is 0 Å². The van der Waals surface area contributed by atoms with E-state index in [4.69, 9.17) is 0 Å². The minimum Gasteiger partial charge on any atom is -0.293 e. The molecule has 0 aliphatic rings. The van der Waals surface area contributed by atoms with Crippen LogP contribution in [0, 0.1) is 0 Å². The van der Waals surface area contributed by atoms with Crippen LogP contribution in [0.2, 0.25) is 0 Å². The Morgan fingerprint density at radius 1 is 1.38 bits per heavy atom. The second-order valence-corrected chi connectivity index (χ2v) is 3.86. The van der Waals surface area contributed by atoms with E-state index < -0.39 is 10.8 Å². The molecule has 0 saturated heterocycles. The van der Waals surface area contributed by atoms with Crippen molar-refractivity contribution in [3.63, 3.8) is 0 Å². The zero-order chi connectivity index (χ0) is 9.68. The second kappa shape index (κ2) is 4.72. The maximum atomic E-state index is 11.4. The summed E-state index contributed by atoms with van der Waals surface area (Å²) in [5.74, 6) is -0.0908. The molecule has 3 heteroatoms. The summed E-state index contributed by atoms with van der Waals surface area (Å²) in [7, 11) is -1.24. The Morgan fingerprint density at radius 3 is 2.54 bits per heavy atom. The van der Waals surface area contributed by atoms with Crippen molar-refractivity contribution in [2.45, 2.75) is 0 Å². The molecule has 0 bridgehead atoms. The Labute approximate surface area is 79.7 Å². The largest absolute Gasteiger partial charge is 0.293 e. The molecule has 0 aromatic heterocycles. The topological polar surface area (TPSA) is 34.1 Å². The van der Waals surface area contributed by atoms with Crippen molar-refractivity contribution < 1.29 is 9.00 Å². The van der Waals surface area contributed by atoms with Gasteiger partial charge in [-0.3, -0.25) is 9.00 Å². The van der Waals surface area contributed by atoms with Crippen LogP contribution in [0.1, 0.15) is 10.4 Å². The molecule has 13 heavy (non-hydrogen) atoms. The predicted molar refractivity (Wildman–Crippen MR) is 54.0 cm³/mol. The van der Waals surface area contributed by atoms with E-state index in [1.165, 1.54) is 5.41 Å². The zero-order valence-electron chi connectivity index (χ0n) is 7.10. The maximum absolute atomic E-state index is 11.4. The van der Waals surface area contributed by atoms with E-state index in [-0.39, 0.29) is 11.5 Å². The van der Waals surface area contributed by atoms with Crippen LogP contribution in [0.5, 0.6) is 0 Å². The molecule has 0 N–H and O–H groups in total. The van der Waals surface area contributed by atoms with E-state index in [9.17, 15) is 9.00 Å². The average molecular weight is 194 g/mol. The summed E-state index contributed by atoms with van der Waals surface area (Å²) in [4.78, 5) is 11.4. The fraction of sp³-hybridized carbons (Fsp3) is 0.100. The molecule has 2 nitrogen and oxygen atoms in total. The van der Waals surface area contributed by atoms with E-state index in [0.29, 0.717) is 5.56 Å². The minimum atomic E-state index is -1.24. The van der Waals surface area contributed by atoms with E-state index in [1.54, 1.807) is 24.3 Å². The molecule has 0 amide bonds.